The lowest BCUT2D eigenvalue weighted by Gasteiger charge is -2.34. The van der Waals surface area contributed by atoms with Crippen molar-refractivity contribution in [3.05, 3.63) is 70.7 Å². The predicted molar refractivity (Wildman–Crippen MR) is 98.2 cm³/mol. The second-order valence-corrected chi connectivity index (χ2v) is 6.67. The van der Waals surface area contributed by atoms with Gasteiger partial charge in [-0.2, -0.15) is 0 Å². The lowest BCUT2D eigenvalue weighted by Crippen LogP contribution is -2.47. The van der Waals surface area contributed by atoms with Crippen LogP contribution in [-0.2, 0) is 12.8 Å². The monoisotopic (exact) mass is 328 g/mol. The lowest BCUT2D eigenvalue weighted by molar-refractivity contribution is 0.134. The van der Waals surface area contributed by atoms with Crippen LogP contribution in [0.4, 0.5) is 0 Å². The van der Waals surface area contributed by atoms with Crippen LogP contribution in [-0.4, -0.2) is 49.1 Å². The van der Waals surface area contributed by atoms with E-state index in [1.165, 1.54) is 43.9 Å². The van der Waals surface area contributed by atoms with Crippen LogP contribution in [0.3, 0.4) is 0 Å². The van der Waals surface area contributed by atoms with E-state index in [0.29, 0.717) is 0 Å². The van der Waals surface area contributed by atoms with Crippen molar-refractivity contribution in [2.24, 2.45) is 0 Å². The molecule has 0 atom stereocenters. The molecular formula is C20H25ClN2. The molecule has 1 aliphatic heterocycles. The molecule has 2 aromatic carbocycles. The second-order valence-electron chi connectivity index (χ2n) is 6.26. The number of rotatable bonds is 6. The summed E-state index contributed by atoms with van der Waals surface area (Å²) in [5, 5.41) is 0.897. The molecule has 2 aromatic rings. The molecule has 0 unspecified atom stereocenters. The van der Waals surface area contributed by atoms with Crippen molar-refractivity contribution in [1.29, 1.82) is 0 Å². The fraction of sp³-hybridized carbons (Fsp3) is 0.400. The summed E-state index contributed by atoms with van der Waals surface area (Å²) >= 11 is 6.24. The van der Waals surface area contributed by atoms with Crippen LogP contribution in [0.1, 0.15) is 11.1 Å². The van der Waals surface area contributed by atoms with Gasteiger partial charge in [-0.1, -0.05) is 60.1 Å². The normalized spacial score (nSPS) is 16.6. The highest BCUT2D eigenvalue weighted by Crippen LogP contribution is 2.16. The summed E-state index contributed by atoms with van der Waals surface area (Å²) in [5.41, 5.74) is 2.70. The SMILES string of the molecule is Clc1ccccc1CCN1CCN(CCc2ccccc2)CC1. The molecule has 0 amide bonds. The molecule has 0 saturated carbocycles. The second kappa shape index (κ2) is 8.49. The van der Waals surface area contributed by atoms with E-state index in [0.717, 1.165) is 24.4 Å². The molecule has 0 radical (unpaired) electrons. The Morgan fingerprint density at radius 2 is 1.26 bits per heavy atom. The van der Waals surface area contributed by atoms with Gasteiger partial charge in [0.25, 0.3) is 0 Å². The van der Waals surface area contributed by atoms with Crippen molar-refractivity contribution in [2.75, 3.05) is 39.3 Å². The van der Waals surface area contributed by atoms with E-state index in [-0.39, 0.29) is 0 Å². The summed E-state index contributed by atoms with van der Waals surface area (Å²) in [7, 11) is 0. The summed E-state index contributed by atoms with van der Waals surface area (Å²) in [6, 6.07) is 19.0. The Morgan fingerprint density at radius 1 is 0.696 bits per heavy atom. The topological polar surface area (TPSA) is 6.48 Å². The van der Waals surface area contributed by atoms with Crippen molar-refractivity contribution >= 4 is 11.6 Å². The van der Waals surface area contributed by atoms with Crippen molar-refractivity contribution in [2.45, 2.75) is 12.8 Å². The first-order chi connectivity index (χ1) is 11.3. The van der Waals surface area contributed by atoms with Gasteiger partial charge < -0.3 is 9.80 Å². The maximum atomic E-state index is 6.24. The fourth-order valence-corrected chi connectivity index (χ4v) is 3.38. The molecule has 1 fully saturated rings. The van der Waals surface area contributed by atoms with Gasteiger partial charge in [0.1, 0.15) is 0 Å². The van der Waals surface area contributed by atoms with Gasteiger partial charge in [0.05, 0.1) is 0 Å². The zero-order valence-electron chi connectivity index (χ0n) is 13.6. The smallest absolute Gasteiger partial charge is 0.0438 e. The Balaban J connectivity index is 1.38. The number of benzene rings is 2. The third-order valence-corrected chi connectivity index (χ3v) is 5.05. The van der Waals surface area contributed by atoms with E-state index in [1.54, 1.807) is 0 Å². The van der Waals surface area contributed by atoms with Crippen molar-refractivity contribution in [1.82, 2.24) is 9.80 Å². The van der Waals surface area contributed by atoms with E-state index >= 15 is 0 Å². The van der Waals surface area contributed by atoms with Crippen molar-refractivity contribution in [3.63, 3.8) is 0 Å². The fourth-order valence-electron chi connectivity index (χ4n) is 3.15. The number of nitrogens with zero attached hydrogens (tertiary/aromatic N) is 2. The summed E-state index contributed by atoms with van der Waals surface area (Å²) in [4.78, 5) is 5.14. The van der Waals surface area contributed by atoms with Crippen LogP contribution in [0.2, 0.25) is 5.02 Å². The van der Waals surface area contributed by atoms with Gasteiger partial charge in [-0.3, -0.25) is 0 Å². The van der Waals surface area contributed by atoms with Gasteiger partial charge in [0.15, 0.2) is 0 Å². The molecule has 0 bridgehead atoms. The highest BCUT2D eigenvalue weighted by molar-refractivity contribution is 6.31. The zero-order valence-corrected chi connectivity index (χ0v) is 14.4. The van der Waals surface area contributed by atoms with Crippen LogP contribution in [0.5, 0.6) is 0 Å². The molecule has 3 rings (SSSR count). The molecule has 2 nitrogen and oxygen atoms in total. The quantitative estimate of drug-likeness (QED) is 0.797. The number of piperazine rings is 1. The largest absolute Gasteiger partial charge is 0.300 e. The van der Waals surface area contributed by atoms with Gasteiger partial charge in [0.2, 0.25) is 0 Å². The Bertz CT molecular complexity index is 592. The first-order valence-electron chi connectivity index (χ1n) is 8.53. The minimum absolute atomic E-state index is 0.897. The highest BCUT2D eigenvalue weighted by atomic mass is 35.5. The molecule has 23 heavy (non-hydrogen) atoms. The standard InChI is InChI=1S/C20H25ClN2/c21-20-9-5-4-8-19(20)11-13-23-16-14-22(15-17-23)12-10-18-6-2-1-3-7-18/h1-9H,10-17H2. The summed E-state index contributed by atoms with van der Waals surface area (Å²) < 4.78 is 0. The van der Waals surface area contributed by atoms with Gasteiger partial charge in [-0.05, 0) is 30.0 Å². The van der Waals surface area contributed by atoms with Crippen LogP contribution < -0.4 is 0 Å². The Labute approximate surface area is 144 Å². The van der Waals surface area contributed by atoms with Gasteiger partial charge in [-0.25, -0.2) is 0 Å². The van der Waals surface area contributed by atoms with E-state index in [4.69, 9.17) is 11.6 Å². The average Bonchev–Trinajstić information content (AvgIpc) is 2.61. The van der Waals surface area contributed by atoms with E-state index in [1.807, 2.05) is 12.1 Å². The molecule has 1 aliphatic rings. The Morgan fingerprint density at radius 3 is 1.91 bits per heavy atom. The average molecular weight is 329 g/mol. The minimum atomic E-state index is 0.897. The molecule has 1 heterocycles. The maximum Gasteiger partial charge on any atom is 0.0438 e. The summed E-state index contributed by atoms with van der Waals surface area (Å²) in [6.07, 6.45) is 2.20. The van der Waals surface area contributed by atoms with Crippen molar-refractivity contribution < 1.29 is 0 Å². The molecule has 1 saturated heterocycles. The molecule has 0 aliphatic carbocycles. The molecular weight excluding hydrogens is 304 g/mol. The van der Waals surface area contributed by atoms with E-state index in [2.05, 4.69) is 52.3 Å². The predicted octanol–water partition coefficient (Wildman–Crippen LogP) is 3.74. The van der Waals surface area contributed by atoms with Gasteiger partial charge >= 0.3 is 0 Å². The third-order valence-electron chi connectivity index (χ3n) is 4.68. The van der Waals surface area contributed by atoms with E-state index in [9.17, 15) is 0 Å². The van der Waals surface area contributed by atoms with Gasteiger partial charge in [-0.15, -0.1) is 0 Å². The highest BCUT2D eigenvalue weighted by Gasteiger charge is 2.16. The Hall–Kier alpha value is -1.35. The Kier molecular flexibility index (Phi) is 6.09. The van der Waals surface area contributed by atoms with Gasteiger partial charge in [0, 0.05) is 44.3 Å². The minimum Gasteiger partial charge on any atom is -0.300 e. The molecule has 122 valence electrons. The number of hydrogen-bond acceptors (Lipinski definition) is 2. The van der Waals surface area contributed by atoms with Crippen molar-refractivity contribution in [3.8, 4) is 0 Å². The first kappa shape index (κ1) is 16.5. The third kappa shape index (κ3) is 5.07. The summed E-state index contributed by atoms with van der Waals surface area (Å²) in [5.74, 6) is 0. The molecule has 0 spiro atoms. The van der Waals surface area contributed by atoms with Crippen LogP contribution in [0.25, 0.3) is 0 Å². The van der Waals surface area contributed by atoms with E-state index < -0.39 is 0 Å². The first-order valence-corrected chi connectivity index (χ1v) is 8.91. The molecule has 0 N–H and O–H groups in total. The lowest BCUT2D eigenvalue weighted by atomic mass is 10.1. The summed E-state index contributed by atoms with van der Waals surface area (Å²) in [6.45, 7) is 6.96. The molecule has 0 aromatic heterocycles. The number of halogens is 1. The maximum absolute atomic E-state index is 6.24. The van der Waals surface area contributed by atoms with Crippen LogP contribution >= 0.6 is 11.6 Å². The zero-order chi connectivity index (χ0) is 15.9. The van der Waals surface area contributed by atoms with Crippen LogP contribution in [0, 0.1) is 0 Å². The number of hydrogen-bond donors (Lipinski definition) is 0. The van der Waals surface area contributed by atoms with Crippen LogP contribution in [0.15, 0.2) is 54.6 Å². The molecule has 3 heteroatoms.